The third-order valence-electron chi connectivity index (χ3n) is 1.94. The van der Waals surface area contributed by atoms with E-state index in [-0.39, 0.29) is 22.2 Å². The molecule has 16 heavy (non-hydrogen) atoms. The molecule has 0 atom stereocenters. The van der Waals surface area contributed by atoms with E-state index in [0.29, 0.717) is 6.54 Å². The molecule has 0 radical (unpaired) electrons. The molecule has 0 aliphatic carbocycles. The Hall–Kier alpha value is -1.62. The first-order valence-corrected chi connectivity index (χ1v) is 5.16. The molecule has 86 valence electrons. The second kappa shape index (κ2) is 5.46. The maximum absolute atomic E-state index is 11.5. The number of hydrogen-bond acceptors (Lipinski definition) is 3. The van der Waals surface area contributed by atoms with Gasteiger partial charge in [0.2, 0.25) is 0 Å². The van der Waals surface area contributed by atoms with Gasteiger partial charge >= 0.3 is 0 Å². The standard InChI is InChI=1S/C10H11ClN2O3/c1-2-5-12-10(14)8-4-3-7(13(15)16)6-9(8)11/h3-4,6H,2,5H2,1H3,(H,12,14). The lowest BCUT2D eigenvalue weighted by molar-refractivity contribution is -0.384. The summed E-state index contributed by atoms with van der Waals surface area (Å²) in [5.74, 6) is -0.318. The highest BCUT2D eigenvalue weighted by atomic mass is 35.5. The van der Waals surface area contributed by atoms with Gasteiger partial charge in [-0.25, -0.2) is 0 Å². The van der Waals surface area contributed by atoms with Crippen molar-refractivity contribution in [3.05, 3.63) is 38.9 Å². The molecule has 1 aromatic carbocycles. The summed E-state index contributed by atoms with van der Waals surface area (Å²) in [6, 6.07) is 3.78. The number of carbonyl (C=O) groups excluding carboxylic acids is 1. The second-order valence-electron chi connectivity index (χ2n) is 3.18. The minimum absolute atomic E-state index is 0.0859. The van der Waals surface area contributed by atoms with Crippen molar-refractivity contribution in [1.82, 2.24) is 5.32 Å². The van der Waals surface area contributed by atoms with Crippen LogP contribution in [-0.4, -0.2) is 17.4 Å². The number of non-ortho nitro benzene ring substituents is 1. The number of benzene rings is 1. The summed E-state index contributed by atoms with van der Waals surface area (Å²) in [7, 11) is 0. The third-order valence-corrected chi connectivity index (χ3v) is 2.26. The number of nitro groups is 1. The summed E-state index contributed by atoms with van der Waals surface area (Å²) in [5, 5.41) is 13.2. The lowest BCUT2D eigenvalue weighted by atomic mass is 10.2. The Balaban J connectivity index is 2.90. The second-order valence-corrected chi connectivity index (χ2v) is 3.58. The predicted octanol–water partition coefficient (Wildman–Crippen LogP) is 2.39. The summed E-state index contributed by atoms with van der Waals surface area (Å²) in [5.41, 5.74) is 0.123. The van der Waals surface area contributed by atoms with Crippen LogP contribution in [-0.2, 0) is 0 Å². The first-order chi connectivity index (χ1) is 7.56. The number of amides is 1. The molecule has 6 heteroatoms. The van der Waals surface area contributed by atoms with Crippen molar-refractivity contribution in [2.24, 2.45) is 0 Å². The van der Waals surface area contributed by atoms with Crippen LogP contribution in [0, 0.1) is 10.1 Å². The quantitative estimate of drug-likeness (QED) is 0.651. The molecule has 1 rings (SSSR count). The van der Waals surface area contributed by atoms with Gasteiger partial charge in [-0.3, -0.25) is 14.9 Å². The molecular formula is C10H11ClN2O3. The highest BCUT2D eigenvalue weighted by molar-refractivity contribution is 6.34. The average Bonchev–Trinajstić information content (AvgIpc) is 2.25. The van der Waals surface area contributed by atoms with E-state index in [9.17, 15) is 14.9 Å². The minimum atomic E-state index is -0.556. The Bertz CT molecular complexity index is 421. The van der Waals surface area contributed by atoms with Crippen LogP contribution >= 0.6 is 11.6 Å². The maximum Gasteiger partial charge on any atom is 0.270 e. The molecule has 0 unspecified atom stereocenters. The van der Waals surface area contributed by atoms with Gasteiger partial charge in [0.05, 0.1) is 15.5 Å². The Morgan fingerprint density at radius 3 is 2.75 bits per heavy atom. The van der Waals surface area contributed by atoms with Crippen LogP contribution in [0.4, 0.5) is 5.69 Å². The number of nitrogens with zero attached hydrogens (tertiary/aromatic N) is 1. The van der Waals surface area contributed by atoms with Gasteiger partial charge in [-0.2, -0.15) is 0 Å². The molecule has 0 heterocycles. The Morgan fingerprint density at radius 2 is 2.25 bits per heavy atom. The van der Waals surface area contributed by atoms with Crippen molar-refractivity contribution in [3.8, 4) is 0 Å². The van der Waals surface area contributed by atoms with E-state index in [1.165, 1.54) is 18.2 Å². The molecular weight excluding hydrogens is 232 g/mol. The predicted molar refractivity (Wildman–Crippen MR) is 60.7 cm³/mol. The van der Waals surface area contributed by atoms with E-state index in [2.05, 4.69) is 5.32 Å². The largest absolute Gasteiger partial charge is 0.352 e. The van der Waals surface area contributed by atoms with Crippen molar-refractivity contribution >= 4 is 23.2 Å². The van der Waals surface area contributed by atoms with E-state index in [0.717, 1.165) is 6.42 Å². The topological polar surface area (TPSA) is 72.2 Å². The Morgan fingerprint density at radius 1 is 1.56 bits per heavy atom. The number of carbonyl (C=O) groups is 1. The van der Waals surface area contributed by atoms with Crippen LogP contribution in [0.15, 0.2) is 18.2 Å². The smallest absolute Gasteiger partial charge is 0.270 e. The van der Waals surface area contributed by atoms with Crippen molar-refractivity contribution in [2.45, 2.75) is 13.3 Å². The lowest BCUT2D eigenvalue weighted by Crippen LogP contribution is -2.24. The van der Waals surface area contributed by atoms with Crippen molar-refractivity contribution < 1.29 is 9.72 Å². The zero-order valence-corrected chi connectivity index (χ0v) is 9.45. The average molecular weight is 243 g/mol. The molecule has 1 amide bonds. The molecule has 0 saturated heterocycles. The van der Waals surface area contributed by atoms with Gasteiger partial charge < -0.3 is 5.32 Å². The molecule has 5 nitrogen and oxygen atoms in total. The number of nitrogens with one attached hydrogen (secondary N) is 1. The first kappa shape index (κ1) is 12.4. The van der Waals surface area contributed by atoms with Crippen LogP contribution in [0.2, 0.25) is 5.02 Å². The van der Waals surface area contributed by atoms with Crippen molar-refractivity contribution in [3.63, 3.8) is 0 Å². The third kappa shape index (κ3) is 2.93. The molecule has 0 aliphatic rings. The van der Waals surface area contributed by atoms with Gasteiger partial charge in [-0.05, 0) is 12.5 Å². The Labute approximate surface area is 97.6 Å². The summed E-state index contributed by atoms with van der Waals surface area (Å²) in [6.07, 6.45) is 0.816. The van der Waals surface area contributed by atoms with E-state index in [1.54, 1.807) is 0 Å². The van der Waals surface area contributed by atoms with Gasteiger partial charge in [0, 0.05) is 18.7 Å². The number of hydrogen-bond donors (Lipinski definition) is 1. The number of rotatable bonds is 4. The van der Waals surface area contributed by atoms with E-state index in [4.69, 9.17) is 11.6 Å². The summed E-state index contributed by atoms with van der Waals surface area (Å²) in [4.78, 5) is 21.4. The monoisotopic (exact) mass is 242 g/mol. The fraction of sp³-hybridized carbons (Fsp3) is 0.300. The van der Waals surface area contributed by atoms with Gasteiger partial charge in [-0.1, -0.05) is 18.5 Å². The van der Waals surface area contributed by atoms with Crippen molar-refractivity contribution in [1.29, 1.82) is 0 Å². The molecule has 0 fully saturated rings. The van der Waals surface area contributed by atoms with Gasteiger partial charge in [0.25, 0.3) is 11.6 Å². The number of nitro benzene ring substituents is 1. The normalized spacial score (nSPS) is 9.88. The summed E-state index contributed by atoms with van der Waals surface area (Å²) in [6.45, 7) is 2.48. The zero-order valence-electron chi connectivity index (χ0n) is 8.70. The van der Waals surface area contributed by atoms with E-state index < -0.39 is 4.92 Å². The van der Waals surface area contributed by atoms with Crippen LogP contribution in [0.5, 0.6) is 0 Å². The number of halogens is 1. The van der Waals surface area contributed by atoms with Gasteiger partial charge in [0.15, 0.2) is 0 Å². The molecule has 1 N–H and O–H groups in total. The molecule has 1 aromatic rings. The SMILES string of the molecule is CCCNC(=O)c1ccc([N+](=O)[O-])cc1Cl. The summed E-state index contributed by atoms with van der Waals surface area (Å²) < 4.78 is 0. The maximum atomic E-state index is 11.5. The van der Waals surface area contributed by atoms with Crippen LogP contribution in [0.1, 0.15) is 23.7 Å². The fourth-order valence-corrected chi connectivity index (χ4v) is 1.40. The highest BCUT2D eigenvalue weighted by Crippen LogP contribution is 2.22. The molecule has 0 saturated carbocycles. The van der Waals surface area contributed by atoms with Crippen LogP contribution < -0.4 is 5.32 Å². The van der Waals surface area contributed by atoms with Gasteiger partial charge in [-0.15, -0.1) is 0 Å². The lowest BCUT2D eigenvalue weighted by Gasteiger charge is -2.04. The highest BCUT2D eigenvalue weighted by Gasteiger charge is 2.14. The fourth-order valence-electron chi connectivity index (χ4n) is 1.14. The van der Waals surface area contributed by atoms with Gasteiger partial charge in [0.1, 0.15) is 0 Å². The molecule has 0 spiro atoms. The molecule has 0 aliphatic heterocycles. The minimum Gasteiger partial charge on any atom is -0.352 e. The zero-order chi connectivity index (χ0) is 12.1. The van der Waals surface area contributed by atoms with E-state index >= 15 is 0 Å². The molecule has 0 aromatic heterocycles. The Kier molecular flexibility index (Phi) is 4.25. The van der Waals surface area contributed by atoms with Crippen molar-refractivity contribution in [2.75, 3.05) is 6.54 Å². The van der Waals surface area contributed by atoms with E-state index in [1.807, 2.05) is 6.92 Å². The molecule has 0 bridgehead atoms. The first-order valence-electron chi connectivity index (χ1n) is 4.78. The van der Waals surface area contributed by atoms with Crippen LogP contribution in [0.3, 0.4) is 0 Å². The summed E-state index contributed by atoms with van der Waals surface area (Å²) >= 11 is 5.78. The van der Waals surface area contributed by atoms with Crippen LogP contribution in [0.25, 0.3) is 0 Å².